The summed E-state index contributed by atoms with van der Waals surface area (Å²) >= 11 is 0. The molecule has 0 aliphatic heterocycles. The SMILES string of the molecule is c1ccc(-c2nc(-c3ccccc3)nc(-c3ccc(-n4c5c(ccc6oc7ccccc7c65)c5ccc6c(c7ccccc7n6-c6ccccc6)c54)cc3)n2)cc1. The van der Waals surface area contributed by atoms with Gasteiger partial charge in [0, 0.05) is 55.0 Å². The van der Waals surface area contributed by atoms with Gasteiger partial charge in [0.25, 0.3) is 0 Å². The monoisotopic (exact) mass is 729 g/mol. The highest BCUT2D eigenvalue weighted by molar-refractivity contribution is 6.30. The van der Waals surface area contributed by atoms with Gasteiger partial charge in [-0.2, -0.15) is 0 Å². The van der Waals surface area contributed by atoms with Crippen LogP contribution in [0.2, 0.25) is 0 Å². The Balaban J connectivity index is 1.15. The van der Waals surface area contributed by atoms with Crippen LogP contribution in [0, 0.1) is 0 Å². The maximum atomic E-state index is 6.50. The summed E-state index contributed by atoms with van der Waals surface area (Å²) in [6.45, 7) is 0. The second-order valence-electron chi connectivity index (χ2n) is 14.4. The predicted octanol–water partition coefficient (Wildman–Crippen LogP) is 13.0. The van der Waals surface area contributed by atoms with Crippen molar-refractivity contribution in [3.8, 4) is 45.5 Å². The van der Waals surface area contributed by atoms with Crippen LogP contribution < -0.4 is 0 Å². The van der Waals surface area contributed by atoms with Crippen LogP contribution in [0.1, 0.15) is 0 Å². The molecule has 0 aliphatic rings. The molecule has 0 radical (unpaired) electrons. The minimum absolute atomic E-state index is 0.619. The number of nitrogens with zero attached hydrogens (tertiary/aromatic N) is 5. The third kappa shape index (κ3) is 4.81. The van der Waals surface area contributed by atoms with Crippen LogP contribution in [0.3, 0.4) is 0 Å². The molecule has 0 saturated heterocycles. The van der Waals surface area contributed by atoms with Crippen molar-refractivity contribution < 1.29 is 4.42 Å². The molecule has 0 spiro atoms. The lowest BCUT2D eigenvalue weighted by molar-refractivity contribution is 0.669. The van der Waals surface area contributed by atoms with Crippen molar-refractivity contribution in [2.75, 3.05) is 0 Å². The highest BCUT2D eigenvalue weighted by Crippen LogP contribution is 2.45. The number of benzene rings is 8. The Morgan fingerprint density at radius 2 is 0.825 bits per heavy atom. The first kappa shape index (κ1) is 31.5. The van der Waals surface area contributed by atoms with Crippen molar-refractivity contribution >= 4 is 65.6 Å². The number of para-hydroxylation sites is 3. The van der Waals surface area contributed by atoms with Crippen molar-refractivity contribution in [2.45, 2.75) is 0 Å². The van der Waals surface area contributed by atoms with E-state index in [2.05, 4.69) is 130 Å². The molecule has 0 bridgehead atoms. The van der Waals surface area contributed by atoms with Crippen LogP contribution >= 0.6 is 0 Å². The molecule has 4 aromatic heterocycles. The first-order valence-corrected chi connectivity index (χ1v) is 19.1. The van der Waals surface area contributed by atoms with Gasteiger partial charge < -0.3 is 13.6 Å². The Morgan fingerprint density at radius 1 is 0.316 bits per heavy atom. The quantitative estimate of drug-likeness (QED) is 0.177. The summed E-state index contributed by atoms with van der Waals surface area (Å²) in [4.78, 5) is 15.0. The van der Waals surface area contributed by atoms with Gasteiger partial charge in [0.2, 0.25) is 0 Å². The van der Waals surface area contributed by atoms with Crippen LogP contribution in [0.5, 0.6) is 0 Å². The molecule has 6 nitrogen and oxygen atoms in total. The fourth-order valence-corrected chi connectivity index (χ4v) is 8.66. The van der Waals surface area contributed by atoms with E-state index < -0.39 is 0 Å². The maximum Gasteiger partial charge on any atom is 0.164 e. The van der Waals surface area contributed by atoms with Gasteiger partial charge in [-0.1, -0.05) is 121 Å². The van der Waals surface area contributed by atoms with E-state index in [-0.39, 0.29) is 0 Å². The first-order chi connectivity index (χ1) is 28.3. The van der Waals surface area contributed by atoms with Crippen LogP contribution in [0.25, 0.3) is 111 Å². The molecule has 12 aromatic rings. The van der Waals surface area contributed by atoms with Gasteiger partial charge >= 0.3 is 0 Å². The Kier molecular flexibility index (Phi) is 6.83. The van der Waals surface area contributed by atoms with Gasteiger partial charge in [-0.05, 0) is 66.7 Å². The Hall–Kier alpha value is -7.83. The summed E-state index contributed by atoms with van der Waals surface area (Å²) in [6.07, 6.45) is 0. The zero-order valence-electron chi connectivity index (χ0n) is 30.5. The summed E-state index contributed by atoms with van der Waals surface area (Å²) in [5.41, 5.74) is 11.2. The molecule has 8 aromatic carbocycles. The van der Waals surface area contributed by atoms with Crippen molar-refractivity contribution in [2.24, 2.45) is 0 Å². The zero-order chi connectivity index (χ0) is 37.5. The fourth-order valence-electron chi connectivity index (χ4n) is 8.66. The predicted molar refractivity (Wildman–Crippen MR) is 232 cm³/mol. The largest absolute Gasteiger partial charge is 0.456 e. The van der Waals surface area contributed by atoms with Gasteiger partial charge in [0.1, 0.15) is 11.2 Å². The standard InChI is InChI=1S/C51H31N5O/c1-4-14-32(15-5-1)49-52-50(33-16-6-2-7-17-33)54-51(53-49)34-24-26-36(27-25-34)56-47-37(38-29-31-44-46(48(38)56)40-21-11-13-23-43(40)57-44)28-30-42-45(47)39-20-10-12-22-41(39)55(42)35-18-8-3-9-19-35/h1-31H. The average molecular weight is 730 g/mol. The van der Waals surface area contributed by atoms with Gasteiger partial charge in [0.15, 0.2) is 17.5 Å². The molecule has 4 heterocycles. The molecule has 57 heavy (non-hydrogen) atoms. The molecular formula is C51H31N5O. The number of rotatable bonds is 5. The van der Waals surface area contributed by atoms with Crippen molar-refractivity contribution in [3.05, 3.63) is 188 Å². The molecule has 0 N–H and O–H groups in total. The number of fused-ring (bicyclic) bond motifs is 11. The van der Waals surface area contributed by atoms with E-state index in [1.807, 2.05) is 66.7 Å². The lowest BCUT2D eigenvalue weighted by Gasteiger charge is -2.12. The van der Waals surface area contributed by atoms with E-state index in [0.29, 0.717) is 17.5 Å². The Labute approximate surface area is 326 Å². The third-order valence-corrected chi connectivity index (χ3v) is 11.2. The molecule has 12 rings (SSSR count). The van der Waals surface area contributed by atoms with Gasteiger partial charge in [-0.15, -0.1) is 0 Å². The zero-order valence-corrected chi connectivity index (χ0v) is 30.5. The van der Waals surface area contributed by atoms with Gasteiger partial charge in [0.05, 0.1) is 27.5 Å². The average Bonchev–Trinajstić information content (AvgIpc) is 3.95. The normalized spacial score (nSPS) is 11.9. The molecule has 266 valence electrons. The Bertz CT molecular complexity index is 3430. The number of furan rings is 1. The topological polar surface area (TPSA) is 61.7 Å². The van der Waals surface area contributed by atoms with E-state index in [4.69, 9.17) is 19.4 Å². The van der Waals surface area contributed by atoms with Crippen molar-refractivity contribution in [3.63, 3.8) is 0 Å². The third-order valence-electron chi connectivity index (χ3n) is 11.2. The molecule has 0 aliphatic carbocycles. The van der Waals surface area contributed by atoms with Gasteiger partial charge in [-0.3, -0.25) is 0 Å². The lowest BCUT2D eigenvalue weighted by atomic mass is 10.1. The van der Waals surface area contributed by atoms with E-state index in [1.165, 1.54) is 21.5 Å². The molecule has 0 amide bonds. The lowest BCUT2D eigenvalue weighted by Crippen LogP contribution is -2.00. The Morgan fingerprint density at radius 3 is 1.49 bits per heavy atom. The number of hydrogen-bond donors (Lipinski definition) is 0. The molecule has 0 fully saturated rings. The minimum atomic E-state index is 0.619. The highest BCUT2D eigenvalue weighted by atomic mass is 16.3. The molecule has 0 unspecified atom stereocenters. The van der Waals surface area contributed by atoms with Crippen LogP contribution in [-0.4, -0.2) is 24.1 Å². The molecule has 0 saturated carbocycles. The van der Waals surface area contributed by atoms with Crippen molar-refractivity contribution in [1.29, 1.82) is 0 Å². The van der Waals surface area contributed by atoms with Crippen LogP contribution in [-0.2, 0) is 0 Å². The van der Waals surface area contributed by atoms with Crippen LogP contribution in [0.15, 0.2) is 192 Å². The second kappa shape index (κ2) is 12.3. The first-order valence-electron chi connectivity index (χ1n) is 19.1. The number of hydrogen-bond acceptors (Lipinski definition) is 4. The summed E-state index contributed by atoms with van der Waals surface area (Å²) in [6, 6.07) is 65.5. The summed E-state index contributed by atoms with van der Waals surface area (Å²) in [5, 5.41) is 6.94. The smallest absolute Gasteiger partial charge is 0.164 e. The molecule has 0 atom stereocenters. The van der Waals surface area contributed by atoms with E-state index in [0.717, 1.165) is 72.1 Å². The van der Waals surface area contributed by atoms with E-state index in [9.17, 15) is 0 Å². The molecular weight excluding hydrogens is 699 g/mol. The molecule has 6 heteroatoms. The van der Waals surface area contributed by atoms with E-state index >= 15 is 0 Å². The number of aromatic nitrogens is 5. The summed E-state index contributed by atoms with van der Waals surface area (Å²) in [5.74, 6) is 1.89. The summed E-state index contributed by atoms with van der Waals surface area (Å²) in [7, 11) is 0. The highest BCUT2D eigenvalue weighted by Gasteiger charge is 2.24. The summed E-state index contributed by atoms with van der Waals surface area (Å²) < 4.78 is 11.3. The van der Waals surface area contributed by atoms with Gasteiger partial charge in [-0.25, -0.2) is 15.0 Å². The van der Waals surface area contributed by atoms with E-state index in [1.54, 1.807) is 0 Å². The maximum absolute atomic E-state index is 6.50. The minimum Gasteiger partial charge on any atom is -0.456 e. The fraction of sp³-hybridized carbons (Fsp3) is 0. The van der Waals surface area contributed by atoms with Crippen LogP contribution in [0.4, 0.5) is 0 Å². The second-order valence-corrected chi connectivity index (χ2v) is 14.4. The van der Waals surface area contributed by atoms with Crippen molar-refractivity contribution in [1.82, 2.24) is 24.1 Å².